The third-order valence-corrected chi connectivity index (χ3v) is 11.9. The number of piperidine rings is 2. The fourth-order valence-electron chi connectivity index (χ4n) is 8.99. The maximum atomic E-state index is 14.6. The third-order valence-electron chi connectivity index (χ3n) is 11.9. The van der Waals surface area contributed by atoms with Gasteiger partial charge in [-0.25, -0.2) is 4.68 Å². The summed E-state index contributed by atoms with van der Waals surface area (Å²) in [6, 6.07) is 16.1. The van der Waals surface area contributed by atoms with Crippen LogP contribution >= 0.6 is 0 Å². The lowest BCUT2D eigenvalue weighted by atomic mass is 9.83. The molecular weight excluding hydrogens is 648 g/mol. The van der Waals surface area contributed by atoms with Crippen molar-refractivity contribution in [3.63, 3.8) is 0 Å². The first-order valence-electron chi connectivity index (χ1n) is 18.6. The Bertz CT molecular complexity index is 1720. The summed E-state index contributed by atoms with van der Waals surface area (Å²) in [5.74, 6) is 0.923. The third kappa shape index (κ3) is 7.05. The number of carbonyl (C=O) groups excluding carboxylic acids is 3. The second-order valence-electron chi connectivity index (χ2n) is 15.0. The molecule has 3 amide bonds. The fourth-order valence-corrected chi connectivity index (χ4v) is 8.99. The van der Waals surface area contributed by atoms with Gasteiger partial charge >= 0.3 is 0 Å². The van der Waals surface area contributed by atoms with Crippen LogP contribution in [0.15, 0.2) is 60.8 Å². The Morgan fingerprint density at radius 3 is 2.43 bits per heavy atom. The molecule has 6 aliphatic heterocycles. The highest BCUT2D eigenvalue weighted by molar-refractivity contribution is 5.90. The van der Waals surface area contributed by atoms with Gasteiger partial charge in [-0.15, -0.1) is 5.10 Å². The van der Waals surface area contributed by atoms with Crippen LogP contribution in [0.3, 0.4) is 0 Å². The molecule has 6 saturated heterocycles. The van der Waals surface area contributed by atoms with Crippen molar-refractivity contribution in [1.82, 2.24) is 39.9 Å². The highest BCUT2D eigenvalue weighted by Gasteiger charge is 2.48. The lowest BCUT2D eigenvalue weighted by Crippen LogP contribution is -2.62. The summed E-state index contributed by atoms with van der Waals surface area (Å²) in [6.07, 6.45) is 7.05. The summed E-state index contributed by atoms with van der Waals surface area (Å²) in [6.45, 7) is 4.67. The minimum absolute atomic E-state index is 0.00246. The molecule has 0 unspecified atom stereocenters. The smallest absolute Gasteiger partial charge is 0.245 e. The van der Waals surface area contributed by atoms with E-state index in [4.69, 9.17) is 4.74 Å². The minimum atomic E-state index is -0.734. The lowest BCUT2D eigenvalue weighted by Gasteiger charge is -2.45. The zero-order valence-corrected chi connectivity index (χ0v) is 29.1. The number of para-hydroxylation sites is 2. The summed E-state index contributed by atoms with van der Waals surface area (Å²) < 4.78 is 7.67. The van der Waals surface area contributed by atoms with Crippen LogP contribution in [0, 0.1) is 0 Å². The molecule has 270 valence electrons. The molecule has 7 heterocycles. The summed E-state index contributed by atoms with van der Waals surface area (Å²) in [5.41, 5.74) is 0.797. The van der Waals surface area contributed by atoms with E-state index < -0.39 is 11.6 Å². The van der Waals surface area contributed by atoms with E-state index in [1.165, 1.54) is 0 Å². The first-order valence-corrected chi connectivity index (χ1v) is 18.6. The highest BCUT2D eigenvalue weighted by atomic mass is 16.5. The Morgan fingerprint density at radius 1 is 0.882 bits per heavy atom. The van der Waals surface area contributed by atoms with Crippen molar-refractivity contribution in [1.29, 1.82) is 0 Å². The van der Waals surface area contributed by atoms with Gasteiger partial charge in [-0.2, -0.15) is 0 Å². The number of likely N-dealkylation sites (tertiary alicyclic amines) is 1. The number of phenolic OH excluding ortho intramolecular Hbond substituents is 1. The van der Waals surface area contributed by atoms with Gasteiger partial charge in [0.25, 0.3) is 0 Å². The lowest BCUT2D eigenvalue weighted by molar-refractivity contribution is -0.147. The van der Waals surface area contributed by atoms with Crippen molar-refractivity contribution in [2.75, 3.05) is 39.3 Å². The molecular formula is C38H48N8O5. The summed E-state index contributed by atoms with van der Waals surface area (Å²) in [7, 11) is 0. The average molecular weight is 697 g/mol. The zero-order valence-electron chi connectivity index (χ0n) is 29.1. The Hall–Kier alpha value is -4.49. The average Bonchev–Trinajstić information content (AvgIpc) is 3.93. The Labute approximate surface area is 298 Å². The van der Waals surface area contributed by atoms with E-state index in [2.05, 4.69) is 25.4 Å². The van der Waals surface area contributed by atoms with Crippen molar-refractivity contribution < 1.29 is 24.2 Å². The number of aromatic nitrogens is 3. The number of amides is 3. The van der Waals surface area contributed by atoms with Gasteiger partial charge in [0.15, 0.2) is 0 Å². The van der Waals surface area contributed by atoms with Gasteiger partial charge in [0.2, 0.25) is 17.7 Å². The van der Waals surface area contributed by atoms with Crippen molar-refractivity contribution in [2.45, 2.75) is 94.2 Å². The zero-order chi connectivity index (χ0) is 35.0. The van der Waals surface area contributed by atoms with E-state index in [0.29, 0.717) is 64.2 Å². The molecule has 13 nitrogen and oxygen atoms in total. The molecule has 51 heavy (non-hydrogen) atoms. The summed E-state index contributed by atoms with van der Waals surface area (Å²) in [4.78, 5) is 51.4. The number of hydrogen-bond acceptors (Lipinski definition) is 9. The number of carbonyl (C=O) groups is 3. The van der Waals surface area contributed by atoms with Crippen LogP contribution < -0.4 is 10.1 Å². The quantitative estimate of drug-likeness (QED) is 0.399. The number of aromatic hydroxyl groups is 1. The van der Waals surface area contributed by atoms with E-state index in [0.717, 1.165) is 43.5 Å². The van der Waals surface area contributed by atoms with Crippen LogP contribution in [-0.2, 0) is 27.5 Å². The number of nitrogens with one attached hydrogen (secondary N) is 1. The number of ether oxygens (including phenoxy) is 1. The van der Waals surface area contributed by atoms with Gasteiger partial charge in [-0.3, -0.25) is 24.2 Å². The molecule has 0 aliphatic carbocycles. The molecule has 1 spiro atoms. The number of phenols is 1. The van der Waals surface area contributed by atoms with E-state index in [-0.39, 0.29) is 54.6 Å². The molecule has 13 heteroatoms. The van der Waals surface area contributed by atoms with Crippen LogP contribution in [0.2, 0.25) is 0 Å². The first-order chi connectivity index (χ1) is 24.8. The largest absolute Gasteiger partial charge is 0.508 e. The minimum Gasteiger partial charge on any atom is -0.508 e. The molecule has 0 radical (unpaired) electrons. The molecule has 1 aromatic heterocycles. The Kier molecular flexibility index (Phi) is 9.41. The van der Waals surface area contributed by atoms with E-state index >= 15 is 0 Å². The first kappa shape index (κ1) is 33.6. The van der Waals surface area contributed by atoms with E-state index in [1.807, 2.05) is 59.6 Å². The van der Waals surface area contributed by atoms with Gasteiger partial charge in [0.05, 0.1) is 30.2 Å². The monoisotopic (exact) mass is 696 g/mol. The van der Waals surface area contributed by atoms with Gasteiger partial charge in [0.1, 0.15) is 29.8 Å². The fraction of sp³-hybridized carbons (Fsp3) is 0.553. The van der Waals surface area contributed by atoms with Crippen molar-refractivity contribution >= 4 is 17.7 Å². The molecule has 2 aromatic carbocycles. The van der Waals surface area contributed by atoms with Gasteiger partial charge in [-0.1, -0.05) is 41.6 Å². The molecule has 2 N–H and O–H groups in total. The summed E-state index contributed by atoms with van der Waals surface area (Å²) >= 11 is 0. The SMILES string of the molecule is O=C1NC2(CCN(Cc3ccccc3O)CC2)CC(=O)N2C[C@@H](n3cc(COc4ccccc4)nn3)C[C@H]2C(=O)N2CCC(CC2)N2CCC[C@@H]12. The van der Waals surface area contributed by atoms with Crippen LogP contribution in [0.25, 0.3) is 0 Å². The maximum absolute atomic E-state index is 14.6. The van der Waals surface area contributed by atoms with Crippen molar-refractivity contribution in [2.24, 2.45) is 0 Å². The van der Waals surface area contributed by atoms with Crippen LogP contribution in [0.4, 0.5) is 0 Å². The second kappa shape index (κ2) is 14.3. The molecule has 6 aliphatic rings. The van der Waals surface area contributed by atoms with Gasteiger partial charge in [0, 0.05) is 57.3 Å². The Morgan fingerprint density at radius 2 is 1.65 bits per heavy atom. The predicted molar refractivity (Wildman–Crippen MR) is 187 cm³/mol. The highest BCUT2D eigenvalue weighted by Crippen LogP contribution is 2.36. The van der Waals surface area contributed by atoms with Crippen LogP contribution in [0.5, 0.6) is 11.5 Å². The molecule has 2 bridgehead atoms. The number of hydrogen-bond donors (Lipinski definition) is 2. The number of benzene rings is 2. The molecule has 6 fully saturated rings. The molecule has 9 rings (SSSR count). The maximum Gasteiger partial charge on any atom is 0.245 e. The van der Waals surface area contributed by atoms with Gasteiger partial charge < -0.3 is 25.0 Å². The van der Waals surface area contributed by atoms with Crippen molar-refractivity contribution in [3.05, 3.63) is 72.1 Å². The predicted octanol–water partition coefficient (Wildman–Crippen LogP) is 2.71. The molecule has 0 saturated carbocycles. The van der Waals surface area contributed by atoms with Gasteiger partial charge in [-0.05, 0) is 63.3 Å². The topological polar surface area (TPSA) is 136 Å². The van der Waals surface area contributed by atoms with E-state index in [9.17, 15) is 19.5 Å². The number of nitrogens with zero attached hydrogens (tertiary/aromatic N) is 7. The van der Waals surface area contributed by atoms with Crippen molar-refractivity contribution in [3.8, 4) is 11.5 Å². The Balaban J connectivity index is 1.04. The number of fused-ring (bicyclic) bond motifs is 4. The second-order valence-corrected chi connectivity index (χ2v) is 15.0. The molecule has 3 aromatic rings. The molecule has 3 atom stereocenters. The van der Waals surface area contributed by atoms with E-state index in [1.54, 1.807) is 15.6 Å². The van der Waals surface area contributed by atoms with Crippen LogP contribution in [0.1, 0.15) is 68.7 Å². The standard InChI is InChI=1S/C38H48N8O5/c47-34-11-5-4-7-27(34)23-42-19-14-38(15-20-42)22-35(48)45-25-30(46-24-28(40-41-46)26-51-31-8-2-1-3-9-31)21-33(45)37(50)43-17-12-29(13-18-43)44-16-6-10-32(44)36(49)39-38/h1-5,7-9,11,24,29-30,32-33,47H,6,10,12-23,25-26H2,(H,39,49)/t30-,32-,33-/m0/s1. The summed E-state index contributed by atoms with van der Waals surface area (Å²) in [5, 5.41) is 22.6. The number of rotatable bonds is 6. The van der Waals surface area contributed by atoms with Crippen LogP contribution in [-0.4, -0.2) is 120 Å². The normalized spacial score (nSPS) is 26.3.